The molecular weight excluding hydrogens is 793 g/mol. The van der Waals surface area contributed by atoms with Crippen LogP contribution < -0.4 is 9.47 Å². The molecule has 0 radical (unpaired) electrons. The highest BCUT2D eigenvalue weighted by Gasteiger charge is 2.33. The second-order valence-electron chi connectivity index (χ2n) is 23.0. The molecule has 380 valence electrons. The first-order chi connectivity index (χ1) is 31.1. The van der Waals surface area contributed by atoms with E-state index in [1.165, 1.54) is 165 Å². The van der Waals surface area contributed by atoms with Gasteiger partial charge >= 0.3 is 0 Å². The molecule has 65 heavy (non-hydrogen) atoms. The van der Waals surface area contributed by atoms with E-state index < -0.39 is 5.60 Å². The quantitative estimate of drug-likeness (QED) is 0.0524. The Kier molecular flexibility index (Phi) is 36.9. The molecule has 0 aliphatic heterocycles. The topological polar surface area (TPSA) is 38.7 Å². The van der Waals surface area contributed by atoms with E-state index in [2.05, 4.69) is 99.6 Å². The van der Waals surface area contributed by atoms with Gasteiger partial charge in [0.05, 0.1) is 12.7 Å². The van der Waals surface area contributed by atoms with Crippen LogP contribution in [-0.4, -0.2) is 23.9 Å². The molecule has 1 N–H and O–H groups in total. The zero-order valence-corrected chi connectivity index (χ0v) is 45.9. The van der Waals surface area contributed by atoms with Gasteiger partial charge in [-0.25, -0.2) is 0 Å². The maximum atomic E-state index is 12.2. The standard InChI is InChI=1S/C62H114O3/c1-13-14-15-16-17-18-19-20-21-22-23-24-25-45-58-48-59(64-12)50-60(49-58)65-61(62(11,63)47-32-44-57(10)42-30-38-54(7)36-27-34-52(4)5)46-31-43-56(9)41-29-40-55(8)39-28-37-53(6)35-26-33-51(2)3/h21-22,43,48-55,57,61,63H,13-20,23-42,44-47H2,1-12H3/b22-21-,56-43+/t53-,54-,55-,57-,61?,62?/m1/s1. The van der Waals surface area contributed by atoms with Gasteiger partial charge in [0.1, 0.15) is 17.6 Å². The van der Waals surface area contributed by atoms with E-state index in [1.807, 2.05) is 13.0 Å². The fourth-order valence-electron chi connectivity index (χ4n) is 9.91. The lowest BCUT2D eigenvalue weighted by molar-refractivity contribution is -0.0585. The van der Waals surface area contributed by atoms with Gasteiger partial charge in [0.2, 0.25) is 0 Å². The molecule has 0 aliphatic carbocycles. The lowest BCUT2D eigenvalue weighted by atomic mass is 9.86. The average Bonchev–Trinajstić information content (AvgIpc) is 3.24. The second kappa shape index (κ2) is 39.1. The predicted octanol–water partition coefficient (Wildman–Crippen LogP) is 20.2. The molecule has 0 saturated carbocycles. The fourth-order valence-corrected chi connectivity index (χ4v) is 9.91. The first kappa shape index (κ1) is 61.3. The molecule has 0 saturated heterocycles. The van der Waals surface area contributed by atoms with Crippen LogP contribution in [0.25, 0.3) is 0 Å². The largest absolute Gasteiger partial charge is 0.497 e. The van der Waals surface area contributed by atoms with Gasteiger partial charge in [-0.1, -0.05) is 221 Å². The van der Waals surface area contributed by atoms with Crippen molar-refractivity contribution < 1.29 is 14.6 Å². The van der Waals surface area contributed by atoms with Gasteiger partial charge in [-0.05, 0) is 138 Å². The molecule has 1 aromatic carbocycles. The first-order valence-corrected chi connectivity index (χ1v) is 28.5. The zero-order valence-electron chi connectivity index (χ0n) is 45.9. The van der Waals surface area contributed by atoms with Crippen LogP contribution in [0.15, 0.2) is 42.0 Å². The monoisotopic (exact) mass is 907 g/mol. The highest BCUT2D eigenvalue weighted by Crippen LogP contribution is 2.32. The van der Waals surface area contributed by atoms with Crippen molar-refractivity contribution in [3.63, 3.8) is 0 Å². The summed E-state index contributed by atoms with van der Waals surface area (Å²) in [5, 5.41) is 12.2. The summed E-state index contributed by atoms with van der Waals surface area (Å²) in [6, 6.07) is 6.41. The molecule has 0 heterocycles. The van der Waals surface area contributed by atoms with Crippen LogP contribution in [0.4, 0.5) is 0 Å². The normalized spacial score (nSPS) is 15.7. The molecule has 6 atom stereocenters. The molecule has 0 aliphatic rings. The number of unbranched alkanes of at least 4 members (excludes halogenated alkanes) is 9. The Morgan fingerprint density at radius 3 is 1.52 bits per heavy atom. The summed E-state index contributed by atoms with van der Waals surface area (Å²) in [5.41, 5.74) is 1.82. The van der Waals surface area contributed by atoms with Crippen molar-refractivity contribution in [2.24, 2.45) is 35.5 Å². The summed E-state index contributed by atoms with van der Waals surface area (Å²) in [4.78, 5) is 0. The second-order valence-corrected chi connectivity index (χ2v) is 23.0. The molecule has 1 rings (SSSR count). The number of rotatable bonds is 44. The van der Waals surface area contributed by atoms with Crippen LogP contribution in [0, 0.1) is 35.5 Å². The Hall–Kier alpha value is -1.74. The molecule has 3 nitrogen and oxygen atoms in total. The Morgan fingerprint density at radius 2 is 1.00 bits per heavy atom. The first-order valence-electron chi connectivity index (χ1n) is 28.5. The van der Waals surface area contributed by atoms with E-state index in [0.29, 0.717) is 5.92 Å². The highest BCUT2D eigenvalue weighted by atomic mass is 16.5. The maximum absolute atomic E-state index is 12.2. The van der Waals surface area contributed by atoms with Crippen LogP contribution in [0.5, 0.6) is 11.5 Å². The minimum absolute atomic E-state index is 0.289. The lowest BCUT2D eigenvalue weighted by Crippen LogP contribution is -2.43. The van der Waals surface area contributed by atoms with Crippen molar-refractivity contribution >= 4 is 0 Å². The molecule has 0 spiro atoms. The van der Waals surface area contributed by atoms with Crippen molar-refractivity contribution in [2.45, 2.75) is 293 Å². The third-order valence-electron chi connectivity index (χ3n) is 14.7. The number of aryl methyl sites for hydroxylation is 1. The lowest BCUT2D eigenvalue weighted by Gasteiger charge is -2.34. The van der Waals surface area contributed by atoms with E-state index in [9.17, 15) is 5.11 Å². The fraction of sp³-hybridized carbons (Fsp3) is 0.839. The van der Waals surface area contributed by atoms with Crippen LogP contribution in [-0.2, 0) is 6.42 Å². The van der Waals surface area contributed by atoms with Gasteiger partial charge in [-0.2, -0.15) is 0 Å². The Balaban J connectivity index is 2.82. The highest BCUT2D eigenvalue weighted by molar-refractivity contribution is 5.39. The molecule has 1 aromatic rings. The molecule has 3 heteroatoms. The van der Waals surface area contributed by atoms with Crippen molar-refractivity contribution in [3.8, 4) is 11.5 Å². The van der Waals surface area contributed by atoms with Gasteiger partial charge in [0, 0.05) is 6.07 Å². The van der Waals surface area contributed by atoms with Gasteiger partial charge in [0.15, 0.2) is 0 Å². The number of hydrogen-bond donors (Lipinski definition) is 1. The molecule has 0 aromatic heterocycles. The smallest absolute Gasteiger partial charge is 0.127 e. The molecule has 0 amide bonds. The van der Waals surface area contributed by atoms with Crippen LogP contribution in [0.3, 0.4) is 0 Å². The van der Waals surface area contributed by atoms with Crippen LogP contribution >= 0.6 is 0 Å². The van der Waals surface area contributed by atoms with E-state index in [1.54, 1.807) is 7.11 Å². The zero-order chi connectivity index (χ0) is 48.1. The number of benzene rings is 1. The predicted molar refractivity (Wildman–Crippen MR) is 290 cm³/mol. The molecule has 0 fully saturated rings. The van der Waals surface area contributed by atoms with Crippen LogP contribution in [0.2, 0.25) is 0 Å². The van der Waals surface area contributed by atoms with Gasteiger partial charge in [-0.3, -0.25) is 0 Å². The molecule has 0 bridgehead atoms. The van der Waals surface area contributed by atoms with Crippen molar-refractivity contribution in [2.75, 3.05) is 7.11 Å². The Morgan fingerprint density at radius 1 is 0.538 bits per heavy atom. The van der Waals surface area contributed by atoms with Crippen molar-refractivity contribution in [3.05, 3.63) is 47.6 Å². The van der Waals surface area contributed by atoms with Crippen molar-refractivity contribution in [1.29, 1.82) is 0 Å². The maximum Gasteiger partial charge on any atom is 0.127 e. The average molecular weight is 908 g/mol. The third-order valence-corrected chi connectivity index (χ3v) is 14.7. The number of methoxy groups -OCH3 is 1. The van der Waals surface area contributed by atoms with E-state index in [-0.39, 0.29) is 6.10 Å². The molecule has 2 unspecified atom stereocenters. The third kappa shape index (κ3) is 35.1. The number of hydrogen-bond acceptors (Lipinski definition) is 3. The van der Waals surface area contributed by atoms with Gasteiger partial charge in [0.25, 0.3) is 0 Å². The summed E-state index contributed by atoms with van der Waals surface area (Å²) in [7, 11) is 1.76. The van der Waals surface area contributed by atoms with E-state index in [0.717, 1.165) is 92.5 Å². The number of allylic oxidation sites excluding steroid dienone is 4. The Bertz CT molecular complexity index is 1290. The van der Waals surface area contributed by atoms with Crippen molar-refractivity contribution in [1.82, 2.24) is 0 Å². The van der Waals surface area contributed by atoms with Gasteiger partial charge < -0.3 is 14.6 Å². The molecular formula is C62H114O3. The number of aliphatic hydroxyl groups is 1. The number of ether oxygens (including phenoxy) is 2. The minimum atomic E-state index is -0.918. The van der Waals surface area contributed by atoms with Gasteiger partial charge in [-0.15, -0.1) is 0 Å². The summed E-state index contributed by atoms with van der Waals surface area (Å²) in [5.74, 6) is 6.51. The SMILES string of the molecule is CCCCCCCCC/C=C\CCCCc1cc(OC)cc(OC(CC/C=C(\C)CCC[C@H](C)CCC[C@H](C)CCCC(C)C)C(C)(O)CCC[C@H](C)CCC[C@H](C)CCCC(C)C)c1. The van der Waals surface area contributed by atoms with Crippen LogP contribution in [0.1, 0.15) is 281 Å². The summed E-state index contributed by atoms with van der Waals surface area (Å²) < 4.78 is 12.7. The Labute approximate surface area is 408 Å². The summed E-state index contributed by atoms with van der Waals surface area (Å²) in [6.07, 6.45) is 47.1. The summed E-state index contributed by atoms with van der Waals surface area (Å²) in [6.45, 7) is 25.8. The van der Waals surface area contributed by atoms with E-state index >= 15 is 0 Å². The van der Waals surface area contributed by atoms with E-state index in [4.69, 9.17) is 9.47 Å². The summed E-state index contributed by atoms with van der Waals surface area (Å²) >= 11 is 0. The minimum Gasteiger partial charge on any atom is -0.497 e.